The van der Waals surface area contributed by atoms with E-state index >= 15 is 0 Å². The lowest BCUT2D eigenvalue weighted by Gasteiger charge is -2.11. The second kappa shape index (κ2) is 12.8. The van der Waals surface area contributed by atoms with Gasteiger partial charge in [-0.1, -0.05) is 133 Å². The number of fused-ring (bicyclic) bond motifs is 4. The molecule has 0 saturated carbocycles. The molecule has 10 aromatic rings. The highest BCUT2D eigenvalue weighted by Gasteiger charge is 2.18. The Morgan fingerprint density at radius 1 is 0.327 bits per heavy atom. The van der Waals surface area contributed by atoms with E-state index in [1.165, 1.54) is 25.0 Å². The number of rotatable bonds is 6. The minimum absolute atomic E-state index is 0.636. The molecule has 4 nitrogen and oxygen atoms in total. The fourth-order valence-electron chi connectivity index (χ4n) is 6.81. The molecule has 10 rings (SSSR count). The Bertz CT molecular complexity index is 2860. The number of hydrogen-bond acceptors (Lipinski definition) is 6. The highest BCUT2D eigenvalue weighted by molar-refractivity contribution is 7.26. The zero-order valence-corrected chi connectivity index (χ0v) is 29.4. The summed E-state index contributed by atoms with van der Waals surface area (Å²) in [6.45, 7) is 0. The molecule has 52 heavy (non-hydrogen) atoms. The SMILES string of the molecule is c1ccc(-c2ccc(-c3nc(-c4cccc(-c5ccccc5)c4)nc(-c4cccc5sc6ccc(-c7nc8ccccc8s7)cc6c45)n3)cc2)cc1. The Morgan fingerprint density at radius 3 is 1.69 bits per heavy atom. The summed E-state index contributed by atoms with van der Waals surface area (Å²) in [6, 6.07) is 59.2. The van der Waals surface area contributed by atoms with Crippen LogP contribution in [0.25, 0.3) is 97.4 Å². The summed E-state index contributed by atoms with van der Waals surface area (Å²) in [4.78, 5) is 20.5. The van der Waals surface area contributed by atoms with Crippen molar-refractivity contribution < 1.29 is 0 Å². The summed E-state index contributed by atoms with van der Waals surface area (Å²) < 4.78 is 3.59. The molecule has 0 radical (unpaired) electrons. The number of para-hydroxylation sites is 1. The molecule has 0 unspecified atom stereocenters. The van der Waals surface area contributed by atoms with Crippen LogP contribution in [-0.4, -0.2) is 19.9 Å². The number of hydrogen-bond donors (Lipinski definition) is 0. The van der Waals surface area contributed by atoms with Crippen molar-refractivity contribution in [2.24, 2.45) is 0 Å². The van der Waals surface area contributed by atoms with Crippen LogP contribution in [0.15, 0.2) is 170 Å². The monoisotopic (exact) mass is 700 g/mol. The van der Waals surface area contributed by atoms with Gasteiger partial charge in [0.05, 0.1) is 10.2 Å². The molecule has 6 heteroatoms. The van der Waals surface area contributed by atoms with Gasteiger partial charge in [-0.05, 0) is 58.7 Å². The topological polar surface area (TPSA) is 51.6 Å². The van der Waals surface area contributed by atoms with Crippen LogP contribution < -0.4 is 0 Å². The van der Waals surface area contributed by atoms with Gasteiger partial charge in [-0.15, -0.1) is 22.7 Å². The van der Waals surface area contributed by atoms with Gasteiger partial charge >= 0.3 is 0 Å². The van der Waals surface area contributed by atoms with Crippen LogP contribution >= 0.6 is 22.7 Å². The predicted octanol–water partition coefficient (Wildman–Crippen LogP) is 12.9. The van der Waals surface area contributed by atoms with Crippen molar-refractivity contribution in [2.45, 2.75) is 0 Å². The zero-order chi connectivity index (χ0) is 34.4. The average Bonchev–Trinajstić information content (AvgIpc) is 3.83. The predicted molar refractivity (Wildman–Crippen MR) is 219 cm³/mol. The lowest BCUT2D eigenvalue weighted by Crippen LogP contribution is -2.00. The summed E-state index contributed by atoms with van der Waals surface area (Å²) in [7, 11) is 0. The number of thiazole rings is 1. The Hall–Kier alpha value is -6.34. The van der Waals surface area contributed by atoms with Crippen LogP contribution in [0, 0.1) is 0 Å². The fourth-order valence-corrected chi connectivity index (χ4v) is 8.88. The van der Waals surface area contributed by atoms with E-state index in [-0.39, 0.29) is 0 Å². The van der Waals surface area contributed by atoms with Crippen LogP contribution in [0.4, 0.5) is 0 Å². The maximum Gasteiger partial charge on any atom is 0.164 e. The molecule has 0 aliphatic rings. The van der Waals surface area contributed by atoms with E-state index in [4.69, 9.17) is 19.9 Å². The molecular formula is C46H28N4S2. The number of nitrogens with zero attached hydrogens (tertiary/aromatic N) is 4. The van der Waals surface area contributed by atoms with Gasteiger partial charge in [0.25, 0.3) is 0 Å². The molecule has 0 bridgehead atoms. The van der Waals surface area contributed by atoms with Crippen molar-refractivity contribution in [1.82, 2.24) is 19.9 Å². The number of aromatic nitrogens is 4. The Kier molecular flexibility index (Phi) is 7.48. The van der Waals surface area contributed by atoms with Gasteiger partial charge in [0, 0.05) is 42.4 Å². The first-order chi connectivity index (χ1) is 25.7. The minimum Gasteiger partial charge on any atom is -0.236 e. The maximum atomic E-state index is 5.22. The lowest BCUT2D eigenvalue weighted by molar-refractivity contribution is 1.08. The molecule has 3 heterocycles. The van der Waals surface area contributed by atoms with Crippen LogP contribution in [0.3, 0.4) is 0 Å². The van der Waals surface area contributed by atoms with Crippen LogP contribution in [-0.2, 0) is 0 Å². The summed E-state index contributed by atoms with van der Waals surface area (Å²) in [5, 5.41) is 3.34. The highest BCUT2D eigenvalue weighted by Crippen LogP contribution is 2.42. The molecule has 3 aromatic heterocycles. The van der Waals surface area contributed by atoms with Crippen LogP contribution in [0.2, 0.25) is 0 Å². The average molecular weight is 701 g/mol. The molecule has 0 saturated heterocycles. The van der Waals surface area contributed by atoms with Crippen molar-refractivity contribution >= 4 is 53.1 Å². The minimum atomic E-state index is 0.636. The second-order valence-electron chi connectivity index (χ2n) is 12.7. The molecule has 0 N–H and O–H groups in total. The largest absolute Gasteiger partial charge is 0.236 e. The molecule has 0 fully saturated rings. The van der Waals surface area contributed by atoms with Gasteiger partial charge < -0.3 is 0 Å². The Labute approximate surface area is 308 Å². The van der Waals surface area contributed by atoms with E-state index in [1.54, 1.807) is 22.7 Å². The van der Waals surface area contributed by atoms with Crippen molar-refractivity contribution in [3.05, 3.63) is 170 Å². The Balaban J connectivity index is 1.15. The molecule has 0 aliphatic heterocycles. The third kappa shape index (κ3) is 5.55. The molecule has 0 atom stereocenters. The second-order valence-corrected chi connectivity index (χ2v) is 14.8. The van der Waals surface area contributed by atoms with E-state index in [1.807, 2.05) is 18.2 Å². The standard InChI is InChI=1S/C46H28N4S2/c1-3-11-29(12-4-1)31-21-23-32(24-22-31)43-48-44(34-16-9-15-33(27-34)30-13-5-2-6-14-30)50-45(49-43)36-17-10-20-41-42(36)37-28-35(25-26-39(37)51-41)46-47-38-18-7-8-19-40(38)52-46/h1-28H. The third-order valence-electron chi connectivity index (χ3n) is 9.39. The summed E-state index contributed by atoms with van der Waals surface area (Å²) >= 11 is 3.52. The van der Waals surface area contributed by atoms with Crippen LogP contribution in [0.5, 0.6) is 0 Å². The molecule has 7 aromatic carbocycles. The molecule has 0 spiro atoms. The van der Waals surface area contributed by atoms with Crippen LogP contribution in [0.1, 0.15) is 0 Å². The summed E-state index contributed by atoms with van der Waals surface area (Å²) in [5.74, 6) is 1.92. The zero-order valence-electron chi connectivity index (χ0n) is 27.8. The van der Waals surface area contributed by atoms with E-state index in [9.17, 15) is 0 Å². The number of benzene rings is 7. The van der Waals surface area contributed by atoms with Crippen molar-refractivity contribution in [2.75, 3.05) is 0 Å². The van der Waals surface area contributed by atoms with Gasteiger partial charge in [0.1, 0.15) is 5.01 Å². The molecule has 0 amide bonds. The quantitative estimate of drug-likeness (QED) is 0.173. The van der Waals surface area contributed by atoms with Gasteiger partial charge in [-0.25, -0.2) is 19.9 Å². The first kappa shape index (κ1) is 30.5. The van der Waals surface area contributed by atoms with Gasteiger partial charge in [-0.3, -0.25) is 0 Å². The maximum absolute atomic E-state index is 5.22. The Morgan fingerprint density at radius 2 is 0.904 bits per heavy atom. The molecule has 0 aliphatic carbocycles. The third-order valence-corrected chi connectivity index (χ3v) is 11.6. The van der Waals surface area contributed by atoms with E-state index in [0.717, 1.165) is 54.9 Å². The fraction of sp³-hybridized carbons (Fsp3) is 0. The smallest absolute Gasteiger partial charge is 0.164 e. The summed E-state index contributed by atoms with van der Waals surface area (Å²) in [6.07, 6.45) is 0. The van der Waals surface area contributed by atoms with Gasteiger partial charge in [0.2, 0.25) is 0 Å². The van der Waals surface area contributed by atoms with Gasteiger partial charge in [0.15, 0.2) is 17.5 Å². The van der Waals surface area contributed by atoms with Gasteiger partial charge in [-0.2, -0.15) is 0 Å². The van der Waals surface area contributed by atoms with Crippen molar-refractivity contribution in [3.63, 3.8) is 0 Å². The molecular weight excluding hydrogens is 673 g/mol. The highest BCUT2D eigenvalue weighted by atomic mass is 32.1. The summed E-state index contributed by atoms with van der Waals surface area (Å²) in [5.41, 5.74) is 9.56. The van der Waals surface area contributed by atoms with E-state index in [2.05, 4.69) is 152 Å². The molecule has 244 valence electrons. The van der Waals surface area contributed by atoms with Crippen molar-refractivity contribution in [1.29, 1.82) is 0 Å². The normalized spacial score (nSPS) is 11.5. The van der Waals surface area contributed by atoms with Crippen molar-refractivity contribution in [3.8, 4) is 67.0 Å². The first-order valence-electron chi connectivity index (χ1n) is 17.1. The lowest BCUT2D eigenvalue weighted by atomic mass is 10.0. The number of thiophene rings is 1. The first-order valence-corrected chi connectivity index (χ1v) is 18.8. The van der Waals surface area contributed by atoms with E-state index < -0.39 is 0 Å². The van der Waals surface area contributed by atoms with E-state index in [0.29, 0.717) is 17.5 Å².